The third kappa shape index (κ3) is 2.74. The van der Waals surface area contributed by atoms with Crippen LogP contribution in [0.2, 0.25) is 5.15 Å². The van der Waals surface area contributed by atoms with Crippen LogP contribution >= 0.6 is 11.6 Å². The van der Waals surface area contributed by atoms with Gasteiger partial charge in [-0.3, -0.25) is 15.4 Å². The van der Waals surface area contributed by atoms with Crippen LogP contribution in [0.4, 0.5) is 5.95 Å². The number of halogens is 1. The first-order valence-corrected chi connectivity index (χ1v) is 5.39. The van der Waals surface area contributed by atoms with Gasteiger partial charge in [0.2, 0.25) is 11.9 Å². The fourth-order valence-corrected chi connectivity index (χ4v) is 1.49. The van der Waals surface area contributed by atoms with Crippen molar-refractivity contribution in [2.45, 2.75) is 0 Å². The Labute approximate surface area is 107 Å². The highest BCUT2D eigenvalue weighted by molar-refractivity contribution is 6.33. The maximum absolute atomic E-state index is 11.5. The summed E-state index contributed by atoms with van der Waals surface area (Å²) >= 11 is 5.90. The molecule has 7 nitrogen and oxygen atoms in total. The first-order chi connectivity index (χ1) is 8.70. The number of nitrogens with one attached hydrogen (secondary N) is 3. The van der Waals surface area contributed by atoms with Crippen molar-refractivity contribution in [1.82, 2.24) is 25.3 Å². The fraction of sp³-hybridized carbons (Fsp3) is 0.200. The maximum atomic E-state index is 11.5. The van der Waals surface area contributed by atoms with Crippen molar-refractivity contribution in [3.8, 4) is 12.3 Å². The fourth-order valence-electron chi connectivity index (χ4n) is 1.27. The van der Waals surface area contributed by atoms with Crippen molar-refractivity contribution in [2.75, 3.05) is 18.4 Å². The molecular weight excluding hydrogens is 256 g/mol. The highest BCUT2D eigenvalue weighted by atomic mass is 35.5. The van der Waals surface area contributed by atoms with Crippen molar-refractivity contribution >= 4 is 34.6 Å². The molecule has 0 aliphatic carbocycles. The van der Waals surface area contributed by atoms with Crippen LogP contribution in [-0.4, -0.2) is 38.9 Å². The molecule has 0 aromatic carbocycles. The molecule has 0 saturated carbocycles. The Hall–Kier alpha value is -2.17. The van der Waals surface area contributed by atoms with Crippen LogP contribution < -0.4 is 10.6 Å². The van der Waals surface area contributed by atoms with Crippen LogP contribution in [0.5, 0.6) is 0 Å². The average molecular weight is 265 g/mol. The molecule has 2 heterocycles. The third-order valence-electron chi connectivity index (χ3n) is 2.01. The van der Waals surface area contributed by atoms with Crippen molar-refractivity contribution in [3.63, 3.8) is 0 Å². The summed E-state index contributed by atoms with van der Waals surface area (Å²) in [4.78, 5) is 26.2. The van der Waals surface area contributed by atoms with Gasteiger partial charge in [-0.1, -0.05) is 17.5 Å². The van der Waals surface area contributed by atoms with E-state index in [2.05, 4.69) is 36.5 Å². The van der Waals surface area contributed by atoms with Crippen molar-refractivity contribution in [3.05, 3.63) is 11.5 Å². The van der Waals surface area contributed by atoms with Crippen molar-refractivity contribution in [1.29, 1.82) is 0 Å². The number of amides is 1. The largest absolute Gasteiger partial charge is 0.341 e. The lowest BCUT2D eigenvalue weighted by Gasteiger charge is -2.03. The number of nitrogens with zero attached hydrogens (tertiary/aromatic N) is 3. The van der Waals surface area contributed by atoms with Gasteiger partial charge in [-0.05, 0) is 0 Å². The Bertz CT molecular complexity index is 616. The number of anilines is 1. The van der Waals surface area contributed by atoms with Gasteiger partial charge in [0.05, 0.1) is 19.4 Å². The molecule has 0 unspecified atom stereocenters. The summed E-state index contributed by atoms with van der Waals surface area (Å²) in [5.41, 5.74) is 0.919. The Morgan fingerprint density at radius 1 is 1.56 bits per heavy atom. The Morgan fingerprint density at radius 3 is 3.17 bits per heavy atom. The molecule has 1 amide bonds. The molecule has 0 saturated heterocycles. The number of aromatic amines is 1. The number of carbonyl (C=O) groups is 1. The van der Waals surface area contributed by atoms with Gasteiger partial charge >= 0.3 is 0 Å². The van der Waals surface area contributed by atoms with Gasteiger partial charge in [0.15, 0.2) is 10.8 Å². The molecule has 0 bridgehead atoms. The van der Waals surface area contributed by atoms with E-state index in [1.54, 1.807) is 0 Å². The van der Waals surface area contributed by atoms with E-state index >= 15 is 0 Å². The molecule has 0 aliphatic rings. The molecule has 0 aliphatic heterocycles. The molecule has 3 N–H and O–H groups in total. The zero-order valence-electron chi connectivity index (χ0n) is 9.20. The molecule has 0 radical (unpaired) electrons. The normalized spacial score (nSPS) is 10.2. The van der Waals surface area contributed by atoms with Crippen LogP contribution in [0.25, 0.3) is 11.2 Å². The number of hydrogen-bond donors (Lipinski definition) is 3. The smallest absolute Gasteiger partial charge is 0.240 e. The molecule has 2 rings (SSSR count). The van der Waals surface area contributed by atoms with Gasteiger partial charge in [0, 0.05) is 0 Å². The van der Waals surface area contributed by atoms with Gasteiger partial charge < -0.3 is 4.98 Å². The van der Waals surface area contributed by atoms with Gasteiger partial charge in [-0.25, -0.2) is 4.98 Å². The van der Waals surface area contributed by atoms with E-state index in [0.29, 0.717) is 17.7 Å². The van der Waals surface area contributed by atoms with Crippen LogP contribution in [-0.2, 0) is 4.79 Å². The minimum atomic E-state index is -0.309. The molecular formula is C10H9ClN6O. The molecule has 2 aromatic rings. The standard InChI is InChI=1S/C10H9ClN6O/c1-2-3-12-4-6(18)15-10-16-8(11)7-9(17-10)14-5-13-7/h1,5,12H,3-4H2,(H2,13,14,15,16,17,18). The number of aromatic nitrogens is 4. The van der Waals surface area contributed by atoms with Crippen molar-refractivity contribution < 1.29 is 4.79 Å². The van der Waals surface area contributed by atoms with E-state index in [9.17, 15) is 4.79 Å². The SMILES string of the molecule is C#CCNCC(=O)Nc1nc(Cl)c2[nH]cnc2n1. The second-order valence-corrected chi connectivity index (χ2v) is 3.65. The van der Waals surface area contributed by atoms with E-state index in [1.165, 1.54) is 6.33 Å². The van der Waals surface area contributed by atoms with Gasteiger partial charge in [-0.2, -0.15) is 9.97 Å². The number of carbonyl (C=O) groups excluding carboxylic acids is 1. The summed E-state index contributed by atoms with van der Waals surface area (Å²) in [6, 6.07) is 0. The van der Waals surface area contributed by atoms with E-state index in [-0.39, 0.29) is 23.6 Å². The van der Waals surface area contributed by atoms with Crippen molar-refractivity contribution in [2.24, 2.45) is 0 Å². The van der Waals surface area contributed by atoms with Gasteiger partial charge in [0.1, 0.15) is 5.52 Å². The quantitative estimate of drug-likeness (QED) is 0.416. The summed E-state index contributed by atoms with van der Waals surface area (Å²) in [7, 11) is 0. The number of terminal acetylenes is 1. The van der Waals surface area contributed by atoms with E-state index < -0.39 is 0 Å². The molecule has 18 heavy (non-hydrogen) atoms. The zero-order chi connectivity index (χ0) is 13.0. The Morgan fingerprint density at radius 2 is 2.39 bits per heavy atom. The maximum Gasteiger partial charge on any atom is 0.240 e. The van der Waals surface area contributed by atoms with Gasteiger partial charge in [0.25, 0.3) is 0 Å². The zero-order valence-corrected chi connectivity index (χ0v) is 9.95. The van der Waals surface area contributed by atoms with E-state index in [0.717, 1.165) is 0 Å². The lowest BCUT2D eigenvalue weighted by atomic mass is 10.5. The van der Waals surface area contributed by atoms with E-state index in [4.69, 9.17) is 18.0 Å². The second kappa shape index (κ2) is 5.44. The minimum Gasteiger partial charge on any atom is -0.341 e. The number of rotatable bonds is 4. The molecule has 0 fully saturated rings. The molecule has 8 heteroatoms. The van der Waals surface area contributed by atoms with E-state index in [1.807, 2.05) is 0 Å². The summed E-state index contributed by atoms with van der Waals surface area (Å²) in [5, 5.41) is 5.43. The second-order valence-electron chi connectivity index (χ2n) is 3.30. The lowest BCUT2D eigenvalue weighted by Crippen LogP contribution is -2.28. The summed E-state index contributed by atoms with van der Waals surface area (Å²) in [6.07, 6.45) is 6.49. The monoisotopic (exact) mass is 264 g/mol. The topological polar surface area (TPSA) is 95.6 Å². The highest BCUT2D eigenvalue weighted by Crippen LogP contribution is 2.17. The predicted molar refractivity (Wildman–Crippen MR) is 67.0 cm³/mol. The van der Waals surface area contributed by atoms with Crippen LogP contribution in [0, 0.1) is 12.3 Å². The number of imidazole rings is 1. The van der Waals surface area contributed by atoms with Crippen LogP contribution in [0.15, 0.2) is 6.33 Å². The summed E-state index contributed by atoms with van der Waals surface area (Å²) in [6.45, 7) is 0.386. The summed E-state index contributed by atoms with van der Waals surface area (Å²) in [5.74, 6) is 2.15. The molecule has 0 atom stereocenters. The van der Waals surface area contributed by atoms with Crippen LogP contribution in [0.1, 0.15) is 0 Å². The Kier molecular flexibility index (Phi) is 3.72. The average Bonchev–Trinajstić information content (AvgIpc) is 2.78. The lowest BCUT2D eigenvalue weighted by molar-refractivity contribution is -0.115. The van der Waals surface area contributed by atoms with Crippen LogP contribution in [0.3, 0.4) is 0 Å². The molecule has 2 aromatic heterocycles. The molecule has 0 spiro atoms. The first kappa shape index (κ1) is 12.3. The number of hydrogen-bond acceptors (Lipinski definition) is 5. The van der Waals surface area contributed by atoms with Gasteiger partial charge in [-0.15, -0.1) is 6.42 Å². The first-order valence-electron chi connectivity index (χ1n) is 5.01. The highest BCUT2D eigenvalue weighted by Gasteiger charge is 2.10. The predicted octanol–water partition coefficient (Wildman–Crippen LogP) is 0.168. The third-order valence-corrected chi connectivity index (χ3v) is 2.28. The summed E-state index contributed by atoms with van der Waals surface area (Å²) < 4.78 is 0. The number of fused-ring (bicyclic) bond motifs is 1. The number of H-pyrrole nitrogens is 1. The molecule has 92 valence electrons. The Balaban J connectivity index is 2.07. The minimum absolute atomic E-state index is 0.0732.